The minimum absolute atomic E-state index is 0.200. The van der Waals surface area contributed by atoms with Crippen molar-refractivity contribution in [1.82, 2.24) is 10.2 Å². The zero-order chi connectivity index (χ0) is 17.4. The number of hydrogen-bond donors (Lipinski definition) is 1. The Balaban J connectivity index is 1.56. The molecule has 24 heavy (non-hydrogen) atoms. The highest BCUT2D eigenvalue weighted by atomic mass is 16.6. The normalized spacial score (nSPS) is 18.1. The third-order valence-corrected chi connectivity index (χ3v) is 3.85. The maximum absolute atomic E-state index is 12.2. The molecule has 1 aromatic rings. The van der Waals surface area contributed by atoms with Crippen LogP contribution in [0.15, 0.2) is 22.8 Å². The van der Waals surface area contributed by atoms with Gasteiger partial charge in [0.15, 0.2) is 0 Å². The number of likely N-dealkylation sites (tertiary alicyclic amines) is 1. The minimum atomic E-state index is -0.441. The molecule has 1 N–H and O–H groups in total. The average Bonchev–Trinajstić information content (AvgIpc) is 3.15. The fourth-order valence-corrected chi connectivity index (χ4v) is 2.74. The highest BCUT2D eigenvalue weighted by Crippen LogP contribution is 2.20. The number of furan rings is 1. The number of carbonyl (C=O) groups excluding carboxylic acids is 1. The predicted octanol–water partition coefficient (Wildman–Crippen LogP) is 3.18. The van der Waals surface area contributed by atoms with Crippen molar-refractivity contribution in [3.63, 3.8) is 0 Å². The van der Waals surface area contributed by atoms with Crippen LogP contribution < -0.4 is 5.32 Å². The van der Waals surface area contributed by atoms with Crippen molar-refractivity contribution in [2.45, 2.75) is 58.3 Å². The van der Waals surface area contributed by atoms with Gasteiger partial charge >= 0.3 is 6.09 Å². The minimum Gasteiger partial charge on any atom is -0.467 e. The molecule has 2 rings (SSSR count). The zero-order valence-corrected chi connectivity index (χ0v) is 15.0. The van der Waals surface area contributed by atoms with E-state index in [1.807, 2.05) is 37.8 Å². The van der Waals surface area contributed by atoms with E-state index in [2.05, 4.69) is 5.32 Å². The van der Waals surface area contributed by atoms with Crippen LogP contribution in [-0.4, -0.2) is 48.9 Å². The van der Waals surface area contributed by atoms with Crippen LogP contribution in [0, 0.1) is 0 Å². The lowest BCUT2D eigenvalue weighted by atomic mass is 10.2. The Hall–Kier alpha value is -1.53. The van der Waals surface area contributed by atoms with Gasteiger partial charge in [-0.15, -0.1) is 0 Å². The van der Waals surface area contributed by atoms with E-state index in [-0.39, 0.29) is 12.1 Å². The second-order valence-corrected chi connectivity index (χ2v) is 7.16. The van der Waals surface area contributed by atoms with Crippen LogP contribution in [0.5, 0.6) is 0 Å². The topological polar surface area (TPSA) is 63.9 Å². The van der Waals surface area contributed by atoms with Crippen molar-refractivity contribution in [2.75, 3.05) is 26.2 Å². The van der Waals surface area contributed by atoms with Crippen LogP contribution in [0.3, 0.4) is 0 Å². The van der Waals surface area contributed by atoms with E-state index in [0.717, 1.165) is 44.7 Å². The molecule has 1 aliphatic heterocycles. The summed E-state index contributed by atoms with van der Waals surface area (Å²) >= 11 is 0. The lowest BCUT2D eigenvalue weighted by Gasteiger charge is -2.28. The molecule has 0 radical (unpaired) electrons. The van der Waals surface area contributed by atoms with Gasteiger partial charge in [-0.2, -0.15) is 0 Å². The monoisotopic (exact) mass is 338 g/mol. The Morgan fingerprint density at radius 3 is 3.00 bits per heavy atom. The second-order valence-electron chi connectivity index (χ2n) is 7.16. The number of hydrogen-bond acceptors (Lipinski definition) is 5. The van der Waals surface area contributed by atoms with Gasteiger partial charge in [0.25, 0.3) is 0 Å². The molecule has 6 heteroatoms. The van der Waals surface area contributed by atoms with E-state index in [9.17, 15) is 4.79 Å². The molecule has 1 aromatic heterocycles. The average molecular weight is 338 g/mol. The molecule has 0 aliphatic carbocycles. The smallest absolute Gasteiger partial charge is 0.410 e. The van der Waals surface area contributed by atoms with Gasteiger partial charge in [0, 0.05) is 25.7 Å². The quantitative estimate of drug-likeness (QED) is 0.738. The van der Waals surface area contributed by atoms with Gasteiger partial charge in [-0.25, -0.2) is 4.79 Å². The van der Waals surface area contributed by atoms with E-state index in [1.54, 1.807) is 6.26 Å². The molecule has 1 aliphatic rings. The molecule has 1 atom stereocenters. The van der Waals surface area contributed by atoms with Crippen molar-refractivity contribution in [3.8, 4) is 0 Å². The van der Waals surface area contributed by atoms with Crippen LogP contribution in [0.1, 0.15) is 45.8 Å². The SMILES string of the molecule is CC(C)(C)OC(=O)N1CCCC1CNCCCOCc1ccco1. The molecule has 2 heterocycles. The van der Waals surface area contributed by atoms with Crippen molar-refractivity contribution < 1.29 is 18.7 Å². The first-order valence-electron chi connectivity index (χ1n) is 8.76. The summed E-state index contributed by atoms with van der Waals surface area (Å²) in [5.74, 6) is 0.849. The molecule has 1 fully saturated rings. The van der Waals surface area contributed by atoms with Crippen molar-refractivity contribution in [2.24, 2.45) is 0 Å². The summed E-state index contributed by atoms with van der Waals surface area (Å²) in [7, 11) is 0. The molecule has 0 bridgehead atoms. The zero-order valence-electron chi connectivity index (χ0n) is 15.0. The summed E-state index contributed by atoms with van der Waals surface area (Å²) in [6.07, 6.45) is 4.45. The summed E-state index contributed by atoms with van der Waals surface area (Å²) in [6, 6.07) is 3.99. The van der Waals surface area contributed by atoms with Gasteiger partial charge in [0.05, 0.1) is 6.26 Å². The molecule has 0 spiro atoms. The number of carbonyl (C=O) groups is 1. The van der Waals surface area contributed by atoms with E-state index in [1.165, 1.54) is 0 Å². The highest BCUT2D eigenvalue weighted by Gasteiger charge is 2.31. The highest BCUT2D eigenvalue weighted by molar-refractivity contribution is 5.69. The molecule has 0 aromatic carbocycles. The molecule has 1 saturated heterocycles. The first-order chi connectivity index (χ1) is 11.5. The Morgan fingerprint density at radius 2 is 2.29 bits per heavy atom. The summed E-state index contributed by atoms with van der Waals surface area (Å²) in [4.78, 5) is 14.1. The van der Waals surface area contributed by atoms with Crippen molar-refractivity contribution in [3.05, 3.63) is 24.2 Å². The Labute approximate surface area is 144 Å². The molecule has 1 unspecified atom stereocenters. The van der Waals surface area contributed by atoms with E-state index in [0.29, 0.717) is 13.2 Å². The first kappa shape index (κ1) is 18.8. The third-order valence-electron chi connectivity index (χ3n) is 3.85. The number of nitrogens with zero attached hydrogens (tertiary/aromatic N) is 1. The summed E-state index contributed by atoms with van der Waals surface area (Å²) in [5, 5.41) is 3.42. The molecule has 136 valence electrons. The maximum atomic E-state index is 12.2. The van der Waals surface area contributed by atoms with Crippen LogP contribution in [-0.2, 0) is 16.1 Å². The number of amides is 1. The Kier molecular flexibility index (Phi) is 7.12. The van der Waals surface area contributed by atoms with Crippen molar-refractivity contribution in [1.29, 1.82) is 0 Å². The lowest BCUT2D eigenvalue weighted by molar-refractivity contribution is 0.0226. The maximum Gasteiger partial charge on any atom is 0.410 e. The van der Waals surface area contributed by atoms with Gasteiger partial charge in [-0.1, -0.05) is 0 Å². The van der Waals surface area contributed by atoms with E-state index < -0.39 is 5.60 Å². The summed E-state index contributed by atoms with van der Waals surface area (Å²) in [6.45, 7) is 9.36. The van der Waals surface area contributed by atoms with E-state index >= 15 is 0 Å². The van der Waals surface area contributed by atoms with Gasteiger partial charge in [-0.05, 0) is 58.7 Å². The lowest BCUT2D eigenvalue weighted by Crippen LogP contribution is -2.44. The Bertz CT molecular complexity index is 482. The van der Waals surface area contributed by atoms with Crippen LogP contribution in [0.25, 0.3) is 0 Å². The molecular weight excluding hydrogens is 308 g/mol. The van der Waals surface area contributed by atoms with Gasteiger partial charge in [-0.3, -0.25) is 0 Å². The fraction of sp³-hybridized carbons (Fsp3) is 0.722. The van der Waals surface area contributed by atoms with Crippen LogP contribution in [0.4, 0.5) is 4.79 Å². The molecule has 6 nitrogen and oxygen atoms in total. The summed E-state index contributed by atoms with van der Waals surface area (Å²) in [5.41, 5.74) is -0.441. The number of rotatable bonds is 8. The van der Waals surface area contributed by atoms with Crippen molar-refractivity contribution >= 4 is 6.09 Å². The molecular formula is C18H30N2O4. The predicted molar refractivity (Wildman–Crippen MR) is 91.8 cm³/mol. The van der Waals surface area contributed by atoms with E-state index in [4.69, 9.17) is 13.9 Å². The van der Waals surface area contributed by atoms with Crippen LogP contribution in [0.2, 0.25) is 0 Å². The standard InChI is InChI=1S/C18H30N2O4/c1-18(2,3)24-17(21)20-10-4-7-15(20)13-19-9-6-11-22-14-16-8-5-12-23-16/h5,8,12,15,19H,4,6-7,9-11,13-14H2,1-3H3. The number of ether oxygens (including phenoxy) is 2. The van der Waals surface area contributed by atoms with Crippen LogP contribution >= 0.6 is 0 Å². The third kappa shape index (κ3) is 6.53. The largest absolute Gasteiger partial charge is 0.467 e. The molecule has 1 amide bonds. The Morgan fingerprint density at radius 1 is 1.46 bits per heavy atom. The fourth-order valence-electron chi connectivity index (χ4n) is 2.74. The second kappa shape index (κ2) is 9.08. The van der Waals surface area contributed by atoms with Gasteiger partial charge in [0.1, 0.15) is 18.0 Å². The summed E-state index contributed by atoms with van der Waals surface area (Å²) < 4.78 is 16.2. The van der Waals surface area contributed by atoms with Gasteiger partial charge in [0.2, 0.25) is 0 Å². The van der Waals surface area contributed by atoms with Gasteiger partial charge < -0.3 is 24.1 Å². The molecule has 0 saturated carbocycles. The first-order valence-corrected chi connectivity index (χ1v) is 8.76. The number of nitrogens with one attached hydrogen (secondary N) is 1.